The van der Waals surface area contributed by atoms with E-state index in [0.29, 0.717) is 39.3 Å². The topological polar surface area (TPSA) is 87.4 Å². The van der Waals surface area contributed by atoms with Gasteiger partial charge in [0.1, 0.15) is 23.0 Å². The first-order valence-corrected chi connectivity index (χ1v) is 12.0. The fourth-order valence-electron chi connectivity index (χ4n) is 4.25. The molecule has 0 aliphatic heterocycles. The molecule has 0 aromatic heterocycles. The van der Waals surface area contributed by atoms with Crippen LogP contribution in [-0.4, -0.2) is 43.3 Å². The van der Waals surface area contributed by atoms with Gasteiger partial charge in [-0.25, -0.2) is 0 Å². The minimum Gasteiger partial charge on any atom is -0.508 e. The second kappa shape index (κ2) is 12.1. The Labute approximate surface area is 211 Å². The molecular weight excluding hydrogens is 452 g/mol. The molecule has 0 unspecified atom stereocenters. The molecule has 0 amide bonds. The number of rotatable bonds is 11. The molecule has 0 saturated carbocycles. The van der Waals surface area contributed by atoms with E-state index in [4.69, 9.17) is 0 Å². The van der Waals surface area contributed by atoms with Crippen molar-refractivity contribution in [2.75, 3.05) is 13.1 Å². The normalized spacial score (nSPS) is 11.3. The lowest BCUT2D eigenvalue weighted by Crippen LogP contribution is -2.34. The summed E-state index contributed by atoms with van der Waals surface area (Å²) in [5.41, 5.74) is 3.23. The zero-order chi connectivity index (χ0) is 25.3. The van der Waals surface area contributed by atoms with Gasteiger partial charge in [-0.15, -0.1) is 0 Å². The summed E-state index contributed by atoms with van der Waals surface area (Å²) in [6.45, 7) is 3.27. The fourth-order valence-corrected chi connectivity index (χ4v) is 4.25. The van der Waals surface area contributed by atoms with E-state index < -0.39 is 0 Å². The van der Waals surface area contributed by atoms with Gasteiger partial charge in [-0.1, -0.05) is 72.8 Å². The van der Waals surface area contributed by atoms with E-state index in [1.807, 2.05) is 48.5 Å². The summed E-state index contributed by atoms with van der Waals surface area (Å²) in [5.74, 6) is 0.945. The maximum absolute atomic E-state index is 10.4. The number of phenols is 4. The van der Waals surface area contributed by atoms with Crippen molar-refractivity contribution in [2.24, 2.45) is 0 Å². The number of benzene rings is 4. The number of aromatic hydroxyl groups is 4. The van der Waals surface area contributed by atoms with Crippen LogP contribution in [0.15, 0.2) is 97.1 Å². The Bertz CT molecular complexity index is 1080. The van der Waals surface area contributed by atoms with Crippen LogP contribution in [0.25, 0.3) is 0 Å². The number of hydrogen-bond acceptors (Lipinski definition) is 6. The Morgan fingerprint density at radius 1 is 0.361 bits per heavy atom. The monoisotopic (exact) mass is 484 g/mol. The molecule has 4 aromatic rings. The smallest absolute Gasteiger partial charge is 0.120 e. The third-order valence-electron chi connectivity index (χ3n) is 6.27. The van der Waals surface area contributed by atoms with Crippen LogP contribution in [0, 0.1) is 0 Å². The second-order valence-electron chi connectivity index (χ2n) is 8.94. The van der Waals surface area contributed by atoms with Gasteiger partial charge in [0.2, 0.25) is 0 Å². The van der Waals surface area contributed by atoms with Gasteiger partial charge in [-0.05, 0) is 24.3 Å². The first-order valence-electron chi connectivity index (χ1n) is 12.0. The van der Waals surface area contributed by atoms with Crippen molar-refractivity contribution in [3.63, 3.8) is 0 Å². The summed E-state index contributed by atoms with van der Waals surface area (Å²) >= 11 is 0. The first-order chi connectivity index (χ1) is 17.5. The maximum Gasteiger partial charge on any atom is 0.120 e. The molecule has 0 radical (unpaired) electrons. The molecule has 0 aliphatic carbocycles. The van der Waals surface area contributed by atoms with Gasteiger partial charge in [-0.2, -0.15) is 0 Å². The van der Waals surface area contributed by atoms with E-state index in [2.05, 4.69) is 9.80 Å². The number of nitrogens with zero attached hydrogens (tertiary/aromatic N) is 2. The van der Waals surface area contributed by atoms with Crippen LogP contribution in [0.2, 0.25) is 0 Å². The van der Waals surface area contributed by atoms with Gasteiger partial charge >= 0.3 is 0 Å². The quantitative estimate of drug-likeness (QED) is 0.234. The SMILES string of the molecule is Oc1ccccc1CN(CCN(Cc1ccccc1O)Cc1ccccc1O)Cc1ccccc1O. The first kappa shape index (κ1) is 25.1. The van der Waals surface area contributed by atoms with Crippen molar-refractivity contribution in [3.8, 4) is 23.0 Å². The number of hydrogen-bond donors (Lipinski definition) is 4. The maximum atomic E-state index is 10.4. The molecule has 0 atom stereocenters. The molecule has 4 aromatic carbocycles. The Hall–Kier alpha value is -4.00. The number of para-hydroxylation sites is 4. The fraction of sp³-hybridized carbons (Fsp3) is 0.200. The summed E-state index contributed by atoms with van der Waals surface area (Å²) in [6.07, 6.45) is 0. The zero-order valence-electron chi connectivity index (χ0n) is 20.2. The van der Waals surface area contributed by atoms with Crippen molar-refractivity contribution in [3.05, 3.63) is 119 Å². The molecular formula is C30H32N2O4. The van der Waals surface area contributed by atoms with Crippen molar-refractivity contribution >= 4 is 0 Å². The van der Waals surface area contributed by atoms with Gasteiger partial charge in [0.15, 0.2) is 0 Å². The van der Waals surface area contributed by atoms with Crippen LogP contribution in [0.3, 0.4) is 0 Å². The Morgan fingerprint density at radius 2 is 0.583 bits per heavy atom. The highest BCUT2D eigenvalue weighted by Gasteiger charge is 2.16. The minimum absolute atomic E-state index is 0.236. The lowest BCUT2D eigenvalue weighted by atomic mass is 10.1. The van der Waals surface area contributed by atoms with Gasteiger partial charge in [0.25, 0.3) is 0 Å². The largest absolute Gasteiger partial charge is 0.508 e. The molecule has 6 heteroatoms. The van der Waals surface area contributed by atoms with Crippen molar-refractivity contribution in [1.29, 1.82) is 0 Å². The molecule has 0 heterocycles. The molecule has 0 spiro atoms. The predicted octanol–water partition coefficient (Wildman–Crippen LogP) is 5.21. The van der Waals surface area contributed by atoms with Gasteiger partial charge in [0.05, 0.1) is 0 Å². The highest BCUT2D eigenvalue weighted by molar-refractivity contribution is 5.35. The van der Waals surface area contributed by atoms with Crippen LogP contribution < -0.4 is 0 Å². The van der Waals surface area contributed by atoms with Gasteiger partial charge < -0.3 is 20.4 Å². The average Bonchev–Trinajstić information content (AvgIpc) is 2.87. The van der Waals surface area contributed by atoms with E-state index in [-0.39, 0.29) is 23.0 Å². The minimum atomic E-state index is 0.236. The Kier molecular flexibility index (Phi) is 8.44. The molecule has 0 aliphatic rings. The van der Waals surface area contributed by atoms with E-state index >= 15 is 0 Å². The molecule has 0 saturated heterocycles. The highest BCUT2D eigenvalue weighted by atomic mass is 16.3. The van der Waals surface area contributed by atoms with E-state index in [1.54, 1.807) is 48.5 Å². The molecule has 6 nitrogen and oxygen atoms in total. The molecule has 36 heavy (non-hydrogen) atoms. The molecule has 186 valence electrons. The summed E-state index contributed by atoms with van der Waals surface area (Å²) < 4.78 is 0. The summed E-state index contributed by atoms with van der Waals surface area (Å²) in [5, 5.41) is 41.5. The standard InChI is InChI=1S/C30H32N2O4/c33-27-13-5-1-9-23(27)19-31(20-24-10-2-6-14-28(24)34)17-18-32(21-25-11-3-7-15-29(25)35)22-26-12-4-8-16-30(26)36/h1-16,33-36H,17-22H2. The van der Waals surface area contributed by atoms with Crippen molar-refractivity contribution < 1.29 is 20.4 Å². The Balaban J connectivity index is 1.56. The van der Waals surface area contributed by atoms with E-state index in [9.17, 15) is 20.4 Å². The number of phenolic OH excluding ortho intramolecular Hbond substituents is 4. The Morgan fingerprint density at radius 3 is 0.806 bits per heavy atom. The van der Waals surface area contributed by atoms with Crippen LogP contribution in [0.1, 0.15) is 22.3 Å². The lowest BCUT2D eigenvalue weighted by Gasteiger charge is -2.29. The summed E-state index contributed by atoms with van der Waals surface area (Å²) in [7, 11) is 0. The van der Waals surface area contributed by atoms with E-state index in [0.717, 1.165) is 22.3 Å². The molecule has 0 fully saturated rings. The lowest BCUT2D eigenvalue weighted by molar-refractivity contribution is 0.178. The predicted molar refractivity (Wildman–Crippen MR) is 141 cm³/mol. The van der Waals surface area contributed by atoms with E-state index in [1.165, 1.54) is 0 Å². The third kappa shape index (κ3) is 6.78. The summed E-state index contributed by atoms with van der Waals surface area (Å²) in [4.78, 5) is 4.35. The van der Waals surface area contributed by atoms with Crippen LogP contribution in [-0.2, 0) is 26.2 Å². The zero-order valence-corrected chi connectivity index (χ0v) is 20.2. The van der Waals surface area contributed by atoms with Crippen LogP contribution >= 0.6 is 0 Å². The van der Waals surface area contributed by atoms with Crippen LogP contribution in [0.5, 0.6) is 23.0 Å². The van der Waals surface area contributed by atoms with Crippen LogP contribution in [0.4, 0.5) is 0 Å². The average molecular weight is 485 g/mol. The van der Waals surface area contributed by atoms with Crippen molar-refractivity contribution in [2.45, 2.75) is 26.2 Å². The molecule has 0 bridgehead atoms. The second-order valence-corrected chi connectivity index (χ2v) is 8.94. The highest BCUT2D eigenvalue weighted by Crippen LogP contribution is 2.25. The molecule has 4 N–H and O–H groups in total. The molecule has 4 rings (SSSR count). The van der Waals surface area contributed by atoms with Gasteiger partial charge in [-0.3, -0.25) is 9.80 Å². The third-order valence-corrected chi connectivity index (χ3v) is 6.27. The summed E-state index contributed by atoms with van der Waals surface area (Å²) in [6, 6.07) is 29.1. The van der Waals surface area contributed by atoms with Gasteiger partial charge in [0, 0.05) is 61.5 Å². The van der Waals surface area contributed by atoms with Crippen molar-refractivity contribution in [1.82, 2.24) is 9.80 Å².